The van der Waals surface area contributed by atoms with Crippen LogP contribution >= 0.6 is 0 Å². The number of fused-ring (bicyclic) bond motifs is 1. The molecule has 1 aliphatic heterocycles. The molecule has 2 amide bonds. The van der Waals surface area contributed by atoms with Gasteiger partial charge in [-0.05, 0) is 62.7 Å². The minimum Gasteiger partial charge on any atom is -0.444 e. The van der Waals surface area contributed by atoms with Crippen LogP contribution in [0.5, 0.6) is 0 Å². The first-order valence-corrected chi connectivity index (χ1v) is 10.2. The van der Waals surface area contributed by atoms with Crippen LogP contribution in [0.15, 0.2) is 0 Å². The summed E-state index contributed by atoms with van der Waals surface area (Å²) in [4.78, 5) is 27.6. The van der Waals surface area contributed by atoms with E-state index in [4.69, 9.17) is 4.74 Å². The maximum absolute atomic E-state index is 13.4. The summed E-state index contributed by atoms with van der Waals surface area (Å²) in [6, 6.07) is -0.838. The van der Waals surface area contributed by atoms with E-state index in [1.807, 2.05) is 25.7 Å². The number of nitrogens with zero attached hydrogens (tertiary/aromatic N) is 1. The molecule has 3 fully saturated rings. The summed E-state index contributed by atoms with van der Waals surface area (Å²) in [6.45, 7) is 11.9. The highest BCUT2D eigenvalue weighted by atomic mass is 16.6. The third kappa shape index (κ3) is 3.69. The Kier molecular flexibility index (Phi) is 4.81. The molecule has 0 unspecified atom stereocenters. The van der Waals surface area contributed by atoms with Gasteiger partial charge in [0.25, 0.3) is 0 Å². The second-order valence-electron chi connectivity index (χ2n) is 11.0. The van der Waals surface area contributed by atoms with Gasteiger partial charge in [0.05, 0.1) is 12.6 Å². The number of amides is 2. The van der Waals surface area contributed by atoms with Gasteiger partial charge in [0.2, 0.25) is 5.91 Å². The first-order chi connectivity index (χ1) is 12.3. The lowest BCUT2D eigenvalue weighted by molar-refractivity contribution is -0.138. The fourth-order valence-corrected chi connectivity index (χ4v) is 5.17. The number of nitrogens with one attached hydrogen (secondary N) is 1. The summed E-state index contributed by atoms with van der Waals surface area (Å²) >= 11 is 0. The van der Waals surface area contributed by atoms with Crippen molar-refractivity contribution in [2.45, 2.75) is 91.3 Å². The summed E-state index contributed by atoms with van der Waals surface area (Å²) in [7, 11) is 0. The van der Waals surface area contributed by atoms with Gasteiger partial charge in [0, 0.05) is 6.54 Å². The molecule has 6 nitrogen and oxygen atoms in total. The lowest BCUT2D eigenvalue weighted by atomic mass is 9.74. The number of carbonyl (C=O) groups is 2. The Morgan fingerprint density at radius 1 is 1.19 bits per heavy atom. The number of hydrogen-bond acceptors (Lipinski definition) is 4. The molecule has 6 heteroatoms. The van der Waals surface area contributed by atoms with Crippen molar-refractivity contribution in [1.82, 2.24) is 10.2 Å². The quantitative estimate of drug-likeness (QED) is 0.789. The second-order valence-corrected chi connectivity index (χ2v) is 11.0. The van der Waals surface area contributed by atoms with E-state index in [-0.39, 0.29) is 24.0 Å². The van der Waals surface area contributed by atoms with E-state index in [1.165, 1.54) is 25.7 Å². The lowest BCUT2D eigenvalue weighted by Gasteiger charge is -2.36. The zero-order valence-corrected chi connectivity index (χ0v) is 17.7. The Morgan fingerprint density at radius 3 is 2.22 bits per heavy atom. The highest BCUT2D eigenvalue weighted by Gasteiger charge is 2.72. The Morgan fingerprint density at radius 2 is 1.81 bits per heavy atom. The molecule has 3 atom stereocenters. The Bertz CT molecular complexity index is 615. The molecule has 1 saturated heterocycles. The molecule has 0 aromatic rings. The third-order valence-electron chi connectivity index (χ3n) is 6.80. The summed E-state index contributed by atoms with van der Waals surface area (Å²) in [5.74, 6) is -0.106. The van der Waals surface area contributed by atoms with Crippen LogP contribution < -0.4 is 5.32 Å². The van der Waals surface area contributed by atoms with E-state index in [2.05, 4.69) is 5.32 Å². The van der Waals surface area contributed by atoms with Crippen LogP contribution in [0.1, 0.15) is 73.6 Å². The molecule has 1 heterocycles. The fourth-order valence-electron chi connectivity index (χ4n) is 5.17. The van der Waals surface area contributed by atoms with Crippen molar-refractivity contribution >= 4 is 12.0 Å². The summed E-state index contributed by atoms with van der Waals surface area (Å²) < 4.78 is 5.37. The van der Waals surface area contributed by atoms with Crippen LogP contribution in [0.4, 0.5) is 4.79 Å². The number of carbonyl (C=O) groups excluding carboxylic acids is 2. The van der Waals surface area contributed by atoms with Gasteiger partial charge in [-0.25, -0.2) is 4.79 Å². The van der Waals surface area contributed by atoms with Gasteiger partial charge < -0.3 is 20.1 Å². The maximum Gasteiger partial charge on any atom is 0.408 e. The molecule has 0 aromatic heterocycles. The normalized spacial score (nSPS) is 30.2. The van der Waals surface area contributed by atoms with Gasteiger partial charge in [-0.15, -0.1) is 0 Å². The van der Waals surface area contributed by atoms with Crippen LogP contribution in [0.3, 0.4) is 0 Å². The molecule has 2 aliphatic carbocycles. The van der Waals surface area contributed by atoms with Crippen molar-refractivity contribution in [2.24, 2.45) is 16.2 Å². The molecule has 0 bridgehead atoms. The number of hydrogen-bond donors (Lipinski definition) is 2. The monoisotopic (exact) mass is 380 g/mol. The average Bonchev–Trinajstić information content (AvgIpc) is 2.98. The van der Waals surface area contributed by atoms with Gasteiger partial charge >= 0.3 is 6.09 Å². The van der Waals surface area contributed by atoms with E-state index in [0.29, 0.717) is 12.0 Å². The van der Waals surface area contributed by atoms with E-state index in [1.54, 1.807) is 20.8 Å². The molecule has 0 aromatic carbocycles. The van der Waals surface area contributed by atoms with Crippen LogP contribution in [0.25, 0.3) is 0 Å². The molecule has 2 saturated carbocycles. The van der Waals surface area contributed by atoms with E-state index in [9.17, 15) is 14.7 Å². The van der Waals surface area contributed by atoms with Gasteiger partial charge in [-0.3, -0.25) is 4.79 Å². The smallest absolute Gasteiger partial charge is 0.408 e. The van der Waals surface area contributed by atoms with Crippen LogP contribution in [0.2, 0.25) is 0 Å². The van der Waals surface area contributed by atoms with Crippen molar-refractivity contribution in [2.75, 3.05) is 13.2 Å². The fraction of sp³-hybridized carbons (Fsp3) is 0.905. The Hall–Kier alpha value is -1.30. The van der Waals surface area contributed by atoms with Gasteiger partial charge in [-0.1, -0.05) is 27.2 Å². The molecule has 2 N–H and O–H groups in total. The van der Waals surface area contributed by atoms with Crippen molar-refractivity contribution in [3.05, 3.63) is 0 Å². The molecule has 3 rings (SSSR count). The molecule has 0 radical (unpaired) electrons. The van der Waals surface area contributed by atoms with Crippen molar-refractivity contribution < 1.29 is 19.4 Å². The summed E-state index contributed by atoms with van der Waals surface area (Å²) in [5.41, 5.74) is -0.457. The number of likely N-dealkylation sites (tertiary alicyclic amines) is 1. The highest BCUT2D eigenvalue weighted by Crippen LogP contribution is 2.77. The van der Waals surface area contributed by atoms with Crippen LogP contribution in [0, 0.1) is 16.2 Å². The average molecular weight is 381 g/mol. The molecule has 154 valence electrons. The second kappa shape index (κ2) is 6.36. The SMILES string of the molecule is CC(C)(C)OC(=O)N[C@H](C(=O)N1C[C@]2(C[C@H]1CO)CC21CCC1)C(C)(C)C. The van der Waals surface area contributed by atoms with E-state index in [0.717, 1.165) is 6.42 Å². The first-order valence-electron chi connectivity index (χ1n) is 10.2. The van der Waals surface area contributed by atoms with Gasteiger partial charge in [0.15, 0.2) is 0 Å². The number of alkyl carbamates (subject to hydrolysis) is 1. The molecule has 2 spiro atoms. The Labute approximate surface area is 163 Å². The maximum atomic E-state index is 13.4. The van der Waals surface area contributed by atoms with Crippen LogP contribution in [-0.4, -0.2) is 52.8 Å². The number of aliphatic hydroxyl groups excluding tert-OH is 1. The molecule has 27 heavy (non-hydrogen) atoms. The molecular formula is C21H36N2O4. The summed E-state index contributed by atoms with van der Waals surface area (Å²) in [6.07, 6.45) is 5.29. The van der Waals surface area contributed by atoms with E-state index < -0.39 is 23.2 Å². The predicted octanol–water partition coefficient (Wildman–Crippen LogP) is 3.08. The minimum atomic E-state index is -0.687. The number of aliphatic hydroxyl groups is 1. The summed E-state index contributed by atoms with van der Waals surface area (Å²) in [5, 5.41) is 12.7. The first kappa shape index (κ1) is 20.4. The number of ether oxygens (including phenoxy) is 1. The lowest BCUT2D eigenvalue weighted by Crippen LogP contribution is -2.56. The zero-order valence-electron chi connectivity index (χ0n) is 17.7. The van der Waals surface area contributed by atoms with Crippen molar-refractivity contribution in [3.8, 4) is 0 Å². The van der Waals surface area contributed by atoms with Crippen molar-refractivity contribution in [3.63, 3.8) is 0 Å². The predicted molar refractivity (Wildman–Crippen MR) is 103 cm³/mol. The van der Waals surface area contributed by atoms with E-state index >= 15 is 0 Å². The molecular weight excluding hydrogens is 344 g/mol. The third-order valence-corrected chi connectivity index (χ3v) is 6.80. The zero-order chi connectivity index (χ0) is 20.3. The van der Waals surface area contributed by atoms with Crippen LogP contribution in [-0.2, 0) is 9.53 Å². The largest absolute Gasteiger partial charge is 0.444 e. The van der Waals surface area contributed by atoms with Crippen molar-refractivity contribution in [1.29, 1.82) is 0 Å². The van der Waals surface area contributed by atoms with Gasteiger partial charge in [-0.2, -0.15) is 0 Å². The topological polar surface area (TPSA) is 78.9 Å². The van der Waals surface area contributed by atoms with Gasteiger partial charge in [0.1, 0.15) is 11.6 Å². The minimum absolute atomic E-state index is 0.0210. The highest BCUT2D eigenvalue weighted by molar-refractivity contribution is 5.87. The number of rotatable bonds is 3. The molecule has 3 aliphatic rings. The Balaban J connectivity index is 1.74. The standard InChI is InChI=1S/C21H36N2O4/c1-18(2,3)15(22-17(26)27-19(4,5)6)16(25)23-13-21(10-14(23)11-24)12-20(21)8-7-9-20/h14-15,24H,7-13H2,1-6H3,(H,22,26)/t14-,15+,21-/m0/s1.